The van der Waals surface area contributed by atoms with Crippen LogP contribution < -0.4 is 18.9 Å². The fourth-order valence-electron chi connectivity index (χ4n) is 0.328. The van der Waals surface area contributed by atoms with Gasteiger partial charge in [0.2, 0.25) is 0 Å². The van der Waals surface area contributed by atoms with Crippen LogP contribution in [0.5, 0.6) is 0 Å². The van der Waals surface area contributed by atoms with E-state index in [0.29, 0.717) is 6.42 Å². The van der Waals surface area contributed by atoms with Gasteiger partial charge in [-0.1, -0.05) is 20.3 Å². The Morgan fingerprint density at radius 1 is 1.45 bits per heavy atom. The van der Waals surface area contributed by atoms with Gasteiger partial charge in [-0.3, -0.25) is 4.79 Å². The fourth-order valence-corrected chi connectivity index (χ4v) is 0.328. The standard InChI is InChI=1S/C5H10O2.C3H7.Li/c1-2-3-4-5(6)7;1-3-2;/h2-4H2,1H3,(H,6,7);1,3H2,2H3;/q;-1;+1. The van der Waals surface area contributed by atoms with Crippen LogP contribution in [0.1, 0.15) is 39.5 Å². The molecule has 0 unspecified atom stereocenters. The average Bonchev–Trinajstić information content (AvgIpc) is 1.85. The van der Waals surface area contributed by atoms with Crippen molar-refractivity contribution in [3.63, 3.8) is 0 Å². The first-order valence-corrected chi connectivity index (χ1v) is 3.70. The molecule has 0 radical (unpaired) electrons. The van der Waals surface area contributed by atoms with Crippen molar-refractivity contribution in [2.75, 3.05) is 0 Å². The van der Waals surface area contributed by atoms with E-state index in [4.69, 9.17) is 5.11 Å². The Labute approximate surface area is 81.6 Å². The zero-order chi connectivity index (χ0) is 8.41. The number of hydrogen-bond acceptors (Lipinski definition) is 1. The Morgan fingerprint density at radius 3 is 1.91 bits per heavy atom. The molecule has 0 rings (SSSR count). The van der Waals surface area contributed by atoms with Crippen LogP contribution >= 0.6 is 0 Å². The molecule has 0 aliphatic rings. The second-order valence-electron chi connectivity index (χ2n) is 2.00. The van der Waals surface area contributed by atoms with Crippen LogP contribution in [0.3, 0.4) is 0 Å². The molecule has 0 bridgehead atoms. The van der Waals surface area contributed by atoms with Crippen molar-refractivity contribution in [2.45, 2.75) is 39.5 Å². The molecule has 3 heteroatoms. The quantitative estimate of drug-likeness (QED) is 0.437. The minimum Gasteiger partial charge on any atom is -0.481 e. The van der Waals surface area contributed by atoms with Crippen LogP contribution in [0.15, 0.2) is 0 Å². The van der Waals surface area contributed by atoms with Crippen LogP contribution in [-0.2, 0) is 4.79 Å². The van der Waals surface area contributed by atoms with Crippen LogP contribution in [0.4, 0.5) is 0 Å². The minimum absolute atomic E-state index is 0. The average molecular weight is 152 g/mol. The predicted octanol–water partition coefficient (Wildman–Crippen LogP) is -0.504. The van der Waals surface area contributed by atoms with Crippen molar-refractivity contribution in [3.05, 3.63) is 6.92 Å². The fraction of sp³-hybridized carbons (Fsp3) is 0.750. The molecule has 0 amide bonds. The number of rotatable bonds is 3. The van der Waals surface area contributed by atoms with Gasteiger partial charge in [-0.05, 0) is 6.42 Å². The van der Waals surface area contributed by atoms with E-state index in [0.717, 1.165) is 19.3 Å². The van der Waals surface area contributed by atoms with E-state index >= 15 is 0 Å². The zero-order valence-corrected chi connectivity index (χ0v) is 7.89. The third kappa shape index (κ3) is 39.6. The molecule has 2 nitrogen and oxygen atoms in total. The smallest absolute Gasteiger partial charge is 0.481 e. The van der Waals surface area contributed by atoms with E-state index in [9.17, 15) is 4.79 Å². The summed E-state index contributed by atoms with van der Waals surface area (Å²) in [6.45, 7) is 7.48. The largest absolute Gasteiger partial charge is 1.00 e. The molecule has 11 heavy (non-hydrogen) atoms. The van der Waals surface area contributed by atoms with Crippen LogP contribution in [0.2, 0.25) is 0 Å². The maximum absolute atomic E-state index is 9.76. The van der Waals surface area contributed by atoms with Gasteiger partial charge in [0.1, 0.15) is 0 Å². The Kier molecular flexibility index (Phi) is 26.0. The number of aliphatic carboxylic acids is 1. The van der Waals surface area contributed by atoms with Gasteiger partial charge in [0.25, 0.3) is 0 Å². The van der Waals surface area contributed by atoms with E-state index in [-0.39, 0.29) is 18.9 Å². The Balaban J connectivity index is -0.000000140. The first-order valence-electron chi connectivity index (χ1n) is 3.70. The number of unbranched alkanes of at least 4 members (excludes halogenated alkanes) is 1. The van der Waals surface area contributed by atoms with Gasteiger partial charge in [-0.2, -0.15) is 6.42 Å². The molecule has 0 aromatic rings. The molecule has 0 atom stereocenters. The topological polar surface area (TPSA) is 37.3 Å². The number of carbonyl (C=O) groups is 1. The summed E-state index contributed by atoms with van der Waals surface area (Å²) in [5.41, 5.74) is 0. The molecule has 0 aliphatic heterocycles. The van der Waals surface area contributed by atoms with Crippen molar-refractivity contribution in [1.82, 2.24) is 0 Å². The van der Waals surface area contributed by atoms with E-state index < -0.39 is 5.97 Å². The number of carboxylic acid groups (broad SMARTS) is 1. The first kappa shape index (κ1) is 17.2. The molecular weight excluding hydrogens is 135 g/mol. The van der Waals surface area contributed by atoms with Crippen LogP contribution in [-0.4, -0.2) is 11.1 Å². The predicted molar refractivity (Wildman–Crippen MR) is 42.8 cm³/mol. The molecule has 0 saturated carbocycles. The minimum atomic E-state index is -0.693. The molecule has 0 aromatic carbocycles. The third-order valence-electron chi connectivity index (χ3n) is 0.744. The van der Waals surface area contributed by atoms with Gasteiger partial charge < -0.3 is 12.0 Å². The summed E-state index contributed by atoms with van der Waals surface area (Å²) in [7, 11) is 0. The van der Waals surface area contributed by atoms with Gasteiger partial charge in [0, 0.05) is 6.42 Å². The summed E-state index contributed by atoms with van der Waals surface area (Å²) >= 11 is 0. The van der Waals surface area contributed by atoms with Crippen LogP contribution in [0.25, 0.3) is 0 Å². The molecule has 0 fully saturated rings. The maximum Gasteiger partial charge on any atom is 1.00 e. The molecule has 62 valence electrons. The normalized spacial score (nSPS) is 7.18. The van der Waals surface area contributed by atoms with Crippen molar-refractivity contribution >= 4 is 5.97 Å². The Morgan fingerprint density at radius 2 is 1.82 bits per heavy atom. The molecule has 0 saturated heterocycles. The van der Waals surface area contributed by atoms with E-state index in [1.165, 1.54) is 0 Å². The van der Waals surface area contributed by atoms with E-state index in [1.807, 2.05) is 13.8 Å². The Hall–Kier alpha value is 0.0674. The van der Waals surface area contributed by atoms with Gasteiger partial charge in [-0.25, -0.2) is 0 Å². The zero-order valence-electron chi connectivity index (χ0n) is 7.89. The maximum atomic E-state index is 9.76. The second kappa shape index (κ2) is 16.6. The van der Waals surface area contributed by atoms with Crippen molar-refractivity contribution in [2.24, 2.45) is 0 Å². The summed E-state index contributed by atoms with van der Waals surface area (Å²) in [4.78, 5) is 9.76. The molecule has 0 aliphatic carbocycles. The van der Waals surface area contributed by atoms with Gasteiger partial charge in [0.15, 0.2) is 0 Å². The number of carboxylic acids is 1. The Bertz CT molecular complexity index is 74.5. The molecule has 1 N–H and O–H groups in total. The first-order chi connectivity index (χ1) is 4.68. The van der Waals surface area contributed by atoms with Gasteiger partial charge in [-0.15, -0.1) is 0 Å². The summed E-state index contributed by atoms with van der Waals surface area (Å²) < 4.78 is 0. The van der Waals surface area contributed by atoms with Crippen LogP contribution in [0, 0.1) is 6.92 Å². The summed E-state index contributed by atoms with van der Waals surface area (Å²) in [5.74, 6) is -0.693. The SMILES string of the molecule is CCCCC(=O)O.[CH2-]CC.[Li+]. The van der Waals surface area contributed by atoms with E-state index in [2.05, 4.69) is 6.92 Å². The molecule has 0 spiro atoms. The molecule has 0 aromatic heterocycles. The number of hydrogen-bond donors (Lipinski definition) is 1. The molecular formula is C8H17LiO2. The summed E-state index contributed by atoms with van der Waals surface area (Å²) in [6, 6.07) is 0. The van der Waals surface area contributed by atoms with Crippen molar-refractivity contribution < 1.29 is 28.8 Å². The second-order valence-corrected chi connectivity index (χ2v) is 2.00. The summed E-state index contributed by atoms with van der Waals surface area (Å²) in [6.07, 6.45) is 3.08. The van der Waals surface area contributed by atoms with E-state index in [1.54, 1.807) is 0 Å². The van der Waals surface area contributed by atoms with Gasteiger partial charge >= 0.3 is 24.8 Å². The monoisotopic (exact) mass is 152 g/mol. The van der Waals surface area contributed by atoms with Crippen molar-refractivity contribution in [3.8, 4) is 0 Å². The third-order valence-corrected chi connectivity index (χ3v) is 0.744. The van der Waals surface area contributed by atoms with Crippen molar-refractivity contribution in [1.29, 1.82) is 0 Å². The molecule has 0 heterocycles. The van der Waals surface area contributed by atoms with Gasteiger partial charge in [0.05, 0.1) is 0 Å². The summed E-state index contributed by atoms with van der Waals surface area (Å²) in [5, 5.41) is 8.04.